The maximum absolute atomic E-state index is 12.6. The lowest BCUT2D eigenvalue weighted by Crippen LogP contribution is -2.35. The Balaban J connectivity index is 2.95. The minimum Gasteiger partial charge on any atom is -0.398 e. The molecule has 2 N–H and O–H groups in total. The molecule has 0 fully saturated rings. The van der Waals surface area contributed by atoms with Crippen LogP contribution in [0, 0.1) is 0 Å². The number of hydrogen-bond acceptors (Lipinski definition) is 5. The van der Waals surface area contributed by atoms with Crippen molar-refractivity contribution in [2.75, 3.05) is 46.3 Å². The molecule has 0 bridgehead atoms. The Morgan fingerprint density at radius 2 is 1.75 bits per heavy atom. The number of para-hydroxylation sites is 1. The highest BCUT2D eigenvalue weighted by Gasteiger charge is 2.25. The molecule has 1 aromatic carbocycles. The van der Waals surface area contributed by atoms with E-state index in [0.717, 1.165) is 0 Å². The van der Waals surface area contributed by atoms with Crippen LogP contribution in [-0.4, -0.2) is 53.2 Å². The van der Waals surface area contributed by atoms with E-state index in [1.807, 2.05) is 0 Å². The standard InChI is InChI=1S/C13H22N2O4S/c1-18-10-5-8-15(9-11-19-2)20(16,17)13-7-4-3-6-12(13)14/h3-4,6-7H,5,8-11,14H2,1-2H3. The van der Waals surface area contributed by atoms with Crippen molar-refractivity contribution in [1.29, 1.82) is 0 Å². The first-order valence-corrected chi connectivity index (χ1v) is 7.80. The first kappa shape index (κ1) is 16.9. The number of hydrogen-bond donors (Lipinski definition) is 1. The van der Waals surface area contributed by atoms with E-state index >= 15 is 0 Å². The van der Waals surface area contributed by atoms with Crippen molar-refractivity contribution in [3.63, 3.8) is 0 Å². The lowest BCUT2D eigenvalue weighted by molar-refractivity contribution is 0.164. The molecule has 0 unspecified atom stereocenters. The molecular weight excluding hydrogens is 280 g/mol. The van der Waals surface area contributed by atoms with Gasteiger partial charge in [0.2, 0.25) is 10.0 Å². The summed E-state index contributed by atoms with van der Waals surface area (Å²) >= 11 is 0. The summed E-state index contributed by atoms with van der Waals surface area (Å²) in [4.78, 5) is 0.133. The summed E-state index contributed by atoms with van der Waals surface area (Å²) in [6, 6.07) is 6.46. The van der Waals surface area contributed by atoms with Gasteiger partial charge in [0, 0.05) is 33.9 Å². The van der Waals surface area contributed by atoms with E-state index in [1.165, 1.54) is 17.5 Å². The summed E-state index contributed by atoms with van der Waals surface area (Å²) in [5, 5.41) is 0. The Hall–Kier alpha value is -1.15. The first-order chi connectivity index (χ1) is 9.54. The molecular formula is C13H22N2O4S. The summed E-state index contributed by atoms with van der Waals surface area (Å²) in [5.74, 6) is 0. The van der Waals surface area contributed by atoms with Crippen molar-refractivity contribution in [3.8, 4) is 0 Å². The number of sulfonamides is 1. The zero-order valence-corrected chi connectivity index (χ0v) is 12.7. The maximum Gasteiger partial charge on any atom is 0.245 e. The normalized spacial score (nSPS) is 11.9. The molecule has 20 heavy (non-hydrogen) atoms. The smallest absolute Gasteiger partial charge is 0.245 e. The lowest BCUT2D eigenvalue weighted by atomic mass is 10.3. The van der Waals surface area contributed by atoms with Crippen LogP contribution >= 0.6 is 0 Å². The average molecular weight is 302 g/mol. The van der Waals surface area contributed by atoms with Crippen molar-refractivity contribution in [1.82, 2.24) is 4.31 Å². The summed E-state index contributed by atoms with van der Waals surface area (Å²) in [5.41, 5.74) is 6.02. The predicted molar refractivity (Wildman–Crippen MR) is 78.0 cm³/mol. The van der Waals surface area contributed by atoms with Gasteiger partial charge < -0.3 is 15.2 Å². The molecule has 1 rings (SSSR count). The largest absolute Gasteiger partial charge is 0.398 e. The van der Waals surface area contributed by atoms with Crippen LogP contribution in [-0.2, 0) is 19.5 Å². The van der Waals surface area contributed by atoms with Gasteiger partial charge >= 0.3 is 0 Å². The summed E-state index contributed by atoms with van der Waals surface area (Å²) in [7, 11) is -0.487. The van der Waals surface area contributed by atoms with Gasteiger partial charge in [-0.1, -0.05) is 12.1 Å². The number of nitrogens with zero attached hydrogens (tertiary/aromatic N) is 1. The van der Waals surface area contributed by atoms with Gasteiger partial charge in [-0.3, -0.25) is 0 Å². The van der Waals surface area contributed by atoms with Gasteiger partial charge in [0.05, 0.1) is 12.3 Å². The lowest BCUT2D eigenvalue weighted by Gasteiger charge is -2.22. The van der Waals surface area contributed by atoms with Crippen LogP contribution in [0.1, 0.15) is 6.42 Å². The Bertz CT molecular complexity index is 505. The highest BCUT2D eigenvalue weighted by molar-refractivity contribution is 7.89. The number of nitrogens with two attached hydrogens (primary N) is 1. The molecule has 0 aromatic heterocycles. The zero-order chi connectivity index (χ0) is 15.0. The van der Waals surface area contributed by atoms with Gasteiger partial charge in [-0.15, -0.1) is 0 Å². The van der Waals surface area contributed by atoms with Crippen LogP contribution in [0.4, 0.5) is 5.69 Å². The Morgan fingerprint density at radius 3 is 2.35 bits per heavy atom. The summed E-state index contributed by atoms with van der Waals surface area (Å²) in [6.45, 7) is 1.49. The molecule has 1 aromatic rings. The first-order valence-electron chi connectivity index (χ1n) is 6.36. The Labute approximate surface area is 120 Å². The molecule has 0 aliphatic rings. The minimum atomic E-state index is -3.61. The predicted octanol–water partition coefficient (Wildman–Crippen LogP) is 0.942. The zero-order valence-electron chi connectivity index (χ0n) is 11.9. The van der Waals surface area contributed by atoms with Crippen molar-refractivity contribution >= 4 is 15.7 Å². The molecule has 0 spiro atoms. The highest BCUT2D eigenvalue weighted by Crippen LogP contribution is 2.21. The number of nitrogen functional groups attached to an aromatic ring is 1. The maximum atomic E-state index is 12.6. The van der Waals surface area contributed by atoms with Crippen molar-refractivity contribution < 1.29 is 17.9 Å². The van der Waals surface area contributed by atoms with E-state index in [1.54, 1.807) is 25.3 Å². The number of rotatable bonds is 9. The van der Waals surface area contributed by atoms with Crippen LogP contribution < -0.4 is 5.73 Å². The van der Waals surface area contributed by atoms with Crippen molar-refractivity contribution in [3.05, 3.63) is 24.3 Å². The molecule has 0 saturated heterocycles. The van der Waals surface area contributed by atoms with E-state index in [-0.39, 0.29) is 17.1 Å². The minimum absolute atomic E-state index is 0.133. The third kappa shape index (κ3) is 4.45. The number of ether oxygens (including phenoxy) is 2. The molecule has 114 valence electrons. The highest BCUT2D eigenvalue weighted by atomic mass is 32.2. The Morgan fingerprint density at radius 1 is 1.10 bits per heavy atom. The fourth-order valence-corrected chi connectivity index (χ4v) is 3.36. The van der Waals surface area contributed by atoms with Crippen molar-refractivity contribution in [2.45, 2.75) is 11.3 Å². The topological polar surface area (TPSA) is 81.9 Å². The molecule has 0 amide bonds. The second-order valence-corrected chi connectivity index (χ2v) is 6.19. The average Bonchev–Trinajstić information content (AvgIpc) is 2.42. The summed E-state index contributed by atoms with van der Waals surface area (Å²) in [6.07, 6.45) is 0.617. The van der Waals surface area contributed by atoms with Gasteiger partial charge in [0.15, 0.2) is 0 Å². The molecule has 6 nitrogen and oxygen atoms in total. The van der Waals surface area contributed by atoms with Crippen LogP contribution in [0.5, 0.6) is 0 Å². The fraction of sp³-hybridized carbons (Fsp3) is 0.538. The van der Waals surface area contributed by atoms with Gasteiger partial charge in [0.25, 0.3) is 0 Å². The number of benzene rings is 1. The van der Waals surface area contributed by atoms with Gasteiger partial charge in [-0.05, 0) is 18.6 Å². The van der Waals surface area contributed by atoms with Gasteiger partial charge in [-0.2, -0.15) is 4.31 Å². The quantitative estimate of drug-likeness (QED) is 0.542. The van der Waals surface area contributed by atoms with Crippen LogP contribution in [0.15, 0.2) is 29.2 Å². The molecule has 0 aliphatic heterocycles. The second kappa shape index (κ2) is 8.21. The molecule has 0 heterocycles. The molecule has 7 heteroatoms. The number of methoxy groups -OCH3 is 2. The molecule has 0 atom stereocenters. The van der Waals surface area contributed by atoms with Gasteiger partial charge in [0.1, 0.15) is 4.90 Å². The molecule has 0 saturated carbocycles. The fourth-order valence-electron chi connectivity index (χ4n) is 1.79. The third-order valence-electron chi connectivity index (χ3n) is 2.84. The van der Waals surface area contributed by atoms with Crippen LogP contribution in [0.25, 0.3) is 0 Å². The molecule has 0 radical (unpaired) electrons. The van der Waals surface area contributed by atoms with E-state index < -0.39 is 10.0 Å². The van der Waals surface area contributed by atoms with Gasteiger partial charge in [-0.25, -0.2) is 8.42 Å². The van der Waals surface area contributed by atoms with Crippen molar-refractivity contribution in [2.24, 2.45) is 0 Å². The van der Waals surface area contributed by atoms with E-state index in [0.29, 0.717) is 26.2 Å². The monoisotopic (exact) mass is 302 g/mol. The van der Waals surface area contributed by atoms with Crippen LogP contribution in [0.3, 0.4) is 0 Å². The third-order valence-corrected chi connectivity index (χ3v) is 4.81. The second-order valence-electron chi connectivity index (χ2n) is 4.28. The summed E-state index contributed by atoms with van der Waals surface area (Å²) < 4.78 is 36.5. The number of anilines is 1. The SMILES string of the molecule is COCCCN(CCOC)S(=O)(=O)c1ccccc1N. The van der Waals surface area contributed by atoms with Crippen LogP contribution in [0.2, 0.25) is 0 Å². The Kier molecular flexibility index (Phi) is 6.94. The molecule has 0 aliphatic carbocycles. The van der Waals surface area contributed by atoms with E-state index in [4.69, 9.17) is 15.2 Å². The van der Waals surface area contributed by atoms with E-state index in [9.17, 15) is 8.42 Å². The van der Waals surface area contributed by atoms with E-state index in [2.05, 4.69) is 0 Å².